The second-order valence-corrected chi connectivity index (χ2v) is 10.6. The summed E-state index contributed by atoms with van der Waals surface area (Å²) in [7, 11) is 0. The topological polar surface area (TPSA) is 170 Å². The molecule has 0 bridgehead atoms. The number of carbonyl (C=O) groups excluding carboxylic acids is 1. The number of allylic oxidation sites excluding steroid dienone is 2. The van der Waals surface area contributed by atoms with Crippen LogP contribution in [-0.2, 0) is 14.3 Å². The molecule has 3 aliphatic rings. The molecule has 10 heteroatoms. The highest BCUT2D eigenvalue weighted by Gasteiger charge is 2.61. The van der Waals surface area contributed by atoms with Crippen LogP contribution in [0.4, 0.5) is 0 Å². The van der Waals surface area contributed by atoms with E-state index in [1.165, 1.54) is 11.6 Å². The van der Waals surface area contributed by atoms with Crippen molar-refractivity contribution in [3.63, 3.8) is 0 Å². The number of hydrogen-bond donors (Lipinski definition) is 5. The zero-order valence-corrected chi connectivity index (χ0v) is 22.0. The lowest BCUT2D eigenvalue weighted by atomic mass is 9.84. The highest BCUT2D eigenvalue weighted by atomic mass is 16.6. The maximum absolute atomic E-state index is 12.1. The summed E-state index contributed by atoms with van der Waals surface area (Å²) in [5.41, 5.74) is 1.02. The Morgan fingerprint density at radius 3 is 2.48 bits per heavy atom. The van der Waals surface area contributed by atoms with Gasteiger partial charge in [0.2, 0.25) is 11.2 Å². The summed E-state index contributed by atoms with van der Waals surface area (Å²) in [5, 5.41) is 47.6. The van der Waals surface area contributed by atoms with E-state index in [1.54, 1.807) is 0 Å². The summed E-state index contributed by atoms with van der Waals surface area (Å²) in [5.74, 6) is -2.82. The number of phenolic OH excluding ortho intramolecular Hbond substituents is 4. The molecule has 210 valence electrons. The van der Waals surface area contributed by atoms with Crippen LogP contribution in [0.2, 0.25) is 0 Å². The van der Waals surface area contributed by atoms with Crippen LogP contribution in [0.25, 0.3) is 22.3 Å². The minimum Gasteiger partial charge on any atom is -0.508 e. The molecule has 0 spiro atoms. The smallest absolute Gasteiger partial charge is 0.334 e. The maximum Gasteiger partial charge on any atom is 0.334 e. The van der Waals surface area contributed by atoms with Crippen LogP contribution in [0, 0.1) is 5.92 Å². The Labute approximate surface area is 229 Å². The Bertz CT molecular complexity index is 1620. The maximum atomic E-state index is 12.1. The molecule has 2 aromatic carbocycles. The van der Waals surface area contributed by atoms with Crippen LogP contribution in [0.15, 0.2) is 63.3 Å². The van der Waals surface area contributed by atoms with E-state index in [2.05, 4.69) is 26.5 Å². The molecular weight excluding hydrogens is 520 g/mol. The van der Waals surface area contributed by atoms with Crippen molar-refractivity contribution >= 4 is 16.9 Å². The van der Waals surface area contributed by atoms with E-state index in [0.717, 1.165) is 49.9 Å². The van der Waals surface area contributed by atoms with Gasteiger partial charge in [-0.3, -0.25) is 4.79 Å². The van der Waals surface area contributed by atoms with Gasteiger partial charge >= 0.3 is 5.97 Å². The Morgan fingerprint density at radius 2 is 1.75 bits per heavy atom. The van der Waals surface area contributed by atoms with Crippen molar-refractivity contribution in [1.29, 1.82) is 0 Å². The molecule has 6 rings (SSSR count). The third-order valence-corrected chi connectivity index (χ3v) is 7.74. The monoisotopic (exact) mass is 550 g/mol. The molecular formula is C30H30O10. The number of ether oxygens (including phenoxy) is 2. The fourth-order valence-electron chi connectivity index (χ4n) is 5.34. The summed E-state index contributed by atoms with van der Waals surface area (Å²) < 4.78 is 16.7. The second-order valence-electron chi connectivity index (χ2n) is 10.6. The first kappa shape index (κ1) is 27.1. The van der Waals surface area contributed by atoms with E-state index < -0.39 is 22.7 Å². The standard InChI is InChI=1S/C15H10O7.C15H20O3/c16-7-4-10(19)12-11(5-7)22-15(14(21)13(12)20)6-1-2-8(17)9(18)3-6;1-9-5-4-8-15(3)13(18-15)12-11(7-6-9)10(2)14(16)17-12/h1-5,16-19,21H;5,11-13H,2,4,6-8H2,1,3H3. The summed E-state index contributed by atoms with van der Waals surface area (Å²) in [6, 6.07) is 5.64. The molecule has 5 N–H and O–H groups in total. The Morgan fingerprint density at radius 1 is 1.00 bits per heavy atom. The molecule has 3 heterocycles. The first-order valence-electron chi connectivity index (χ1n) is 12.9. The minimum atomic E-state index is -0.888. The summed E-state index contributed by atoms with van der Waals surface area (Å²) in [6.07, 6.45) is 6.25. The van der Waals surface area contributed by atoms with Gasteiger partial charge in [0, 0.05) is 29.2 Å². The van der Waals surface area contributed by atoms with Crippen LogP contribution >= 0.6 is 0 Å². The number of rotatable bonds is 1. The molecule has 2 fully saturated rings. The molecule has 3 aromatic rings. The molecule has 0 amide bonds. The SMILES string of the molecule is C=C1C(=O)OC2C1CCC(C)=CCCC1(C)OC21.O=c1c(O)c(-c2ccc(O)c(O)c2)oc2cc(O)cc(O)c12. The Balaban J connectivity index is 0.000000164. The number of esters is 1. The minimum absolute atomic E-state index is 0.0671. The van der Waals surface area contributed by atoms with E-state index in [9.17, 15) is 35.1 Å². The number of fused-ring (bicyclic) bond motifs is 4. The normalized spacial score (nSPS) is 25.6. The van der Waals surface area contributed by atoms with E-state index >= 15 is 0 Å². The fraction of sp³-hybridized carbons (Fsp3) is 0.333. The van der Waals surface area contributed by atoms with E-state index in [-0.39, 0.29) is 63.5 Å². The van der Waals surface area contributed by atoms with Crippen molar-refractivity contribution in [3.8, 4) is 40.1 Å². The lowest BCUT2D eigenvalue weighted by Gasteiger charge is -2.19. The van der Waals surface area contributed by atoms with Crippen molar-refractivity contribution in [3.05, 3.63) is 64.4 Å². The van der Waals surface area contributed by atoms with Gasteiger partial charge in [-0.1, -0.05) is 18.2 Å². The second kappa shape index (κ2) is 9.95. The molecule has 4 atom stereocenters. The molecule has 1 aliphatic carbocycles. The number of benzene rings is 2. The number of phenols is 4. The number of carbonyl (C=O) groups is 1. The van der Waals surface area contributed by atoms with Crippen molar-refractivity contribution in [1.82, 2.24) is 0 Å². The Kier molecular flexibility index (Phi) is 6.75. The van der Waals surface area contributed by atoms with Gasteiger partial charge in [-0.05, 0) is 57.7 Å². The van der Waals surface area contributed by atoms with Gasteiger partial charge in [-0.2, -0.15) is 0 Å². The quantitative estimate of drug-likeness (QED) is 0.0936. The zero-order chi connectivity index (χ0) is 28.9. The lowest BCUT2D eigenvalue weighted by molar-refractivity contribution is -0.140. The summed E-state index contributed by atoms with van der Waals surface area (Å²) >= 11 is 0. The third kappa shape index (κ3) is 4.86. The highest BCUT2D eigenvalue weighted by molar-refractivity contribution is 5.91. The van der Waals surface area contributed by atoms with Crippen LogP contribution in [0.5, 0.6) is 28.7 Å². The molecule has 2 aliphatic heterocycles. The number of epoxide rings is 1. The highest BCUT2D eigenvalue weighted by Crippen LogP contribution is 2.49. The molecule has 4 unspecified atom stereocenters. The van der Waals surface area contributed by atoms with Crippen molar-refractivity contribution in [2.45, 2.75) is 57.3 Å². The van der Waals surface area contributed by atoms with Crippen LogP contribution in [0.3, 0.4) is 0 Å². The van der Waals surface area contributed by atoms with Crippen LogP contribution in [-0.4, -0.2) is 49.3 Å². The van der Waals surface area contributed by atoms with Gasteiger partial charge < -0.3 is 39.4 Å². The number of hydrogen-bond acceptors (Lipinski definition) is 10. The van der Waals surface area contributed by atoms with Gasteiger partial charge in [-0.15, -0.1) is 0 Å². The fourth-order valence-corrected chi connectivity index (χ4v) is 5.34. The largest absolute Gasteiger partial charge is 0.508 e. The molecule has 0 saturated carbocycles. The van der Waals surface area contributed by atoms with Crippen LogP contribution in [0.1, 0.15) is 39.5 Å². The van der Waals surface area contributed by atoms with E-state index in [0.29, 0.717) is 5.57 Å². The van der Waals surface area contributed by atoms with Gasteiger partial charge in [0.1, 0.15) is 34.7 Å². The lowest BCUT2D eigenvalue weighted by Crippen LogP contribution is -2.28. The van der Waals surface area contributed by atoms with Crippen molar-refractivity contribution in [2.75, 3.05) is 0 Å². The van der Waals surface area contributed by atoms with Crippen LogP contribution < -0.4 is 5.43 Å². The van der Waals surface area contributed by atoms with Gasteiger partial charge in [0.05, 0.1) is 5.60 Å². The van der Waals surface area contributed by atoms with Crippen molar-refractivity contribution < 1.29 is 44.2 Å². The average molecular weight is 551 g/mol. The molecule has 0 radical (unpaired) electrons. The third-order valence-electron chi connectivity index (χ3n) is 7.74. The first-order valence-corrected chi connectivity index (χ1v) is 12.9. The van der Waals surface area contributed by atoms with E-state index in [4.69, 9.17) is 13.9 Å². The zero-order valence-electron chi connectivity index (χ0n) is 22.0. The van der Waals surface area contributed by atoms with Gasteiger partial charge in [0.25, 0.3) is 0 Å². The first-order chi connectivity index (χ1) is 18.9. The van der Waals surface area contributed by atoms with Gasteiger partial charge in [0.15, 0.2) is 17.3 Å². The van der Waals surface area contributed by atoms with Crippen molar-refractivity contribution in [2.24, 2.45) is 5.92 Å². The predicted octanol–water partition coefficient (Wildman–Crippen LogP) is 4.75. The molecule has 40 heavy (non-hydrogen) atoms. The summed E-state index contributed by atoms with van der Waals surface area (Å²) in [6.45, 7) is 8.17. The molecule has 10 nitrogen and oxygen atoms in total. The Hall–Kier alpha value is -4.44. The molecule has 1 aromatic heterocycles. The summed E-state index contributed by atoms with van der Waals surface area (Å²) in [4.78, 5) is 23.8. The predicted molar refractivity (Wildman–Crippen MR) is 144 cm³/mol. The molecule has 2 saturated heterocycles. The average Bonchev–Trinajstić information content (AvgIpc) is 3.48. The van der Waals surface area contributed by atoms with E-state index in [1.807, 2.05) is 0 Å². The van der Waals surface area contributed by atoms with Gasteiger partial charge in [-0.25, -0.2) is 4.79 Å². The number of aromatic hydroxyl groups is 5.